The number of esters is 2. The van der Waals surface area contributed by atoms with Gasteiger partial charge in [0.2, 0.25) is 0 Å². The van der Waals surface area contributed by atoms with Crippen molar-refractivity contribution in [2.75, 3.05) is 0 Å². The van der Waals surface area contributed by atoms with E-state index in [0.29, 0.717) is 10.8 Å². The van der Waals surface area contributed by atoms with Crippen LogP contribution >= 0.6 is 11.6 Å². The van der Waals surface area contributed by atoms with Crippen LogP contribution in [0.25, 0.3) is 0 Å². The third-order valence-corrected chi connectivity index (χ3v) is 3.11. The van der Waals surface area contributed by atoms with Gasteiger partial charge >= 0.3 is 11.9 Å². The van der Waals surface area contributed by atoms with E-state index in [-0.39, 0.29) is 5.97 Å². The van der Waals surface area contributed by atoms with Crippen molar-refractivity contribution < 1.29 is 19.1 Å². The third kappa shape index (κ3) is 4.33. The van der Waals surface area contributed by atoms with Crippen LogP contribution in [-0.4, -0.2) is 11.9 Å². The third-order valence-electron chi connectivity index (χ3n) is 2.88. The molecular formula is C17H15ClO4. The largest absolute Gasteiger partial charge is 0.453 e. The minimum Gasteiger partial charge on any atom is -0.453 e. The number of carbonyl (C=O) groups excluding carboxylic acids is 2. The standard InChI is InChI=1S/C17H15ClO4/c1-11(19)21-16-8-6-13(7-9-16)17(22-12(2)20)14-4-3-5-15(18)10-14/h3-10,17H,1-2H3. The van der Waals surface area contributed by atoms with E-state index in [1.54, 1.807) is 42.5 Å². The Kier molecular flexibility index (Phi) is 5.17. The van der Waals surface area contributed by atoms with Crippen LogP contribution in [0.3, 0.4) is 0 Å². The van der Waals surface area contributed by atoms with E-state index in [4.69, 9.17) is 21.1 Å². The highest BCUT2D eigenvalue weighted by molar-refractivity contribution is 6.30. The van der Waals surface area contributed by atoms with Gasteiger partial charge in [-0.1, -0.05) is 35.9 Å². The molecule has 5 heteroatoms. The van der Waals surface area contributed by atoms with Crippen LogP contribution < -0.4 is 4.74 Å². The normalized spacial score (nSPS) is 11.6. The first kappa shape index (κ1) is 16.0. The molecule has 0 aliphatic carbocycles. The average molecular weight is 319 g/mol. The fourth-order valence-corrected chi connectivity index (χ4v) is 2.24. The molecule has 0 aromatic heterocycles. The van der Waals surface area contributed by atoms with Gasteiger partial charge in [-0.3, -0.25) is 9.59 Å². The van der Waals surface area contributed by atoms with E-state index in [2.05, 4.69) is 0 Å². The molecule has 0 N–H and O–H groups in total. The summed E-state index contributed by atoms with van der Waals surface area (Å²) in [6.07, 6.45) is -0.567. The van der Waals surface area contributed by atoms with E-state index >= 15 is 0 Å². The predicted molar refractivity (Wildman–Crippen MR) is 82.8 cm³/mol. The van der Waals surface area contributed by atoms with Gasteiger partial charge in [-0.05, 0) is 35.4 Å². The minimum atomic E-state index is -0.567. The summed E-state index contributed by atoms with van der Waals surface area (Å²) in [5.41, 5.74) is 1.52. The van der Waals surface area contributed by atoms with Gasteiger partial charge in [0.15, 0.2) is 6.10 Å². The van der Waals surface area contributed by atoms with Crippen LogP contribution in [0.15, 0.2) is 48.5 Å². The first-order valence-corrected chi connectivity index (χ1v) is 7.04. The molecule has 0 saturated heterocycles. The van der Waals surface area contributed by atoms with Crippen LogP contribution in [0.5, 0.6) is 5.75 Å². The molecule has 0 heterocycles. The maximum absolute atomic E-state index is 11.4. The summed E-state index contributed by atoms with van der Waals surface area (Å²) < 4.78 is 10.4. The SMILES string of the molecule is CC(=O)Oc1ccc(C(OC(C)=O)c2cccc(Cl)c2)cc1. The van der Waals surface area contributed by atoms with Gasteiger partial charge in [0.1, 0.15) is 5.75 Å². The van der Waals surface area contributed by atoms with Gasteiger partial charge in [-0.2, -0.15) is 0 Å². The Labute approximate surface area is 133 Å². The van der Waals surface area contributed by atoms with E-state index in [1.165, 1.54) is 13.8 Å². The lowest BCUT2D eigenvalue weighted by Gasteiger charge is -2.18. The Morgan fingerprint density at radius 3 is 2.18 bits per heavy atom. The first-order chi connectivity index (χ1) is 10.5. The van der Waals surface area contributed by atoms with Crippen LogP contribution in [-0.2, 0) is 14.3 Å². The van der Waals surface area contributed by atoms with E-state index < -0.39 is 12.1 Å². The van der Waals surface area contributed by atoms with Crippen molar-refractivity contribution in [2.45, 2.75) is 20.0 Å². The summed E-state index contributed by atoms with van der Waals surface area (Å²) in [6.45, 7) is 2.69. The Hall–Kier alpha value is -2.33. The topological polar surface area (TPSA) is 52.6 Å². The highest BCUT2D eigenvalue weighted by Gasteiger charge is 2.18. The quantitative estimate of drug-likeness (QED) is 0.633. The van der Waals surface area contributed by atoms with E-state index in [1.807, 2.05) is 6.07 Å². The number of halogens is 1. The Morgan fingerprint density at radius 1 is 0.955 bits per heavy atom. The molecule has 114 valence electrons. The molecular weight excluding hydrogens is 304 g/mol. The lowest BCUT2D eigenvalue weighted by Crippen LogP contribution is -2.10. The summed E-state index contributed by atoms with van der Waals surface area (Å²) in [5, 5.41) is 0.561. The summed E-state index contributed by atoms with van der Waals surface area (Å²) in [7, 11) is 0. The van der Waals surface area contributed by atoms with Crippen molar-refractivity contribution >= 4 is 23.5 Å². The van der Waals surface area contributed by atoms with Crippen molar-refractivity contribution in [3.05, 3.63) is 64.7 Å². The first-order valence-electron chi connectivity index (χ1n) is 6.67. The van der Waals surface area contributed by atoms with Gasteiger partial charge in [0.05, 0.1) is 0 Å². The van der Waals surface area contributed by atoms with Crippen LogP contribution in [0, 0.1) is 0 Å². The monoisotopic (exact) mass is 318 g/mol. The highest BCUT2D eigenvalue weighted by Crippen LogP contribution is 2.29. The second-order valence-electron chi connectivity index (χ2n) is 4.71. The van der Waals surface area contributed by atoms with Gasteiger partial charge < -0.3 is 9.47 Å². The number of hydrogen-bond donors (Lipinski definition) is 0. The number of carbonyl (C=O) groups is 2. The minimum absolute atomic E-state index is 0.390. The molecule has 0 fully saturated rings. The molecule has 0 aliphatic rings. The molecule has 0 radical (unpaired) electrons. The van der Waals surface area contributed by atoms with E-state index in [0.717, 1.165) is 11.1 Å². The van der Waals surface area contributed by atoms with Gasteiger partial charge in [0.25, 0.3) is 0 Å². The fourth-order valence-electron chi connectivity index (χ4n) is 2.04. The Bertz CT molecular complexity index is 679. The summed E-state index contributed by atoms with van der Waals surface area (Å²) in [6, 6.07) is 13.9. The van der Waals surface area contributed by atoms with E-state index in [9.17, 15) is 9.59 Å². The number of hydrogen-bond acceptors (Lipinski definition) is 4. The summed E-state index contributed by atoms with van der Waals surface area (Å²) in [4.78, 5) is 22.3. The molecule has 0 bridgehead atoms. The van der Waals surface area contributed by atoms with Crippen molar-refractivity contribution in [3.8, 4) is 5.75 Å². The molecule has 22 heavy (non-hydrogen) atoms. The maximum Gasteiger partial charge on any atom is 0.308 e. The van der Waals surface area contributed by atoms with Crippen molar-refractivity contribution in [3.63, 3.8) is 0 Å². The molecule has 4 nitrogen and oxygen atoms in total. The maximum atomic E-state index is 11.4. The van der Waals surface area contributed by atoms with Crippen LogP contribution in [0.1, 0.15) is 31.1 Å². The average Bonchev–Trinajstić information content (AvgIpc) is 2.45. The molecule has 0 saturated carbocycles. The van der Waals surface area contributed by atoms with Gasteiger partial charge in [-0.25, -0.2) is 0 Å². The van der Waals surface area contributed by atoms with Gasteiger partial charge in [-0.15, -0.1) is 0 Å². The van der Waals surface area contributed by atoms with Crippen molar-refractivity contribution in [2.24, 2.45) is 0 Å². The zero-order chi connectivity index (χ0) is 16.1. The Morgan fingerprint density at radius 2 is 1.64 bits per heavy atom. The molecule has 2 aromatic rings. The number of rotatable bonds is 4. The predicted octanol–water partition coefficient (Wildman–Crippen LogP) is 3.92. The second-order valence-corrected chi connectivity index (χ2v) is 5.14. The summed E-state index contributed by atoms with van der Waals surface area (Å²) >= 11 is 6.00. The fraction of sp³-hybridized carbons (Fsp3) is 0.176. The zero-order valence-electron chi connectivity index (χ0n) is 12.2. The van der Waals surface area contributed by atoms with Crippen LogP contribution in [0.4, 0.5) is 0 Å². The lowest BCUT2D eigenvalue weighted by atomic mass is 10.0. The molecule has 1 atom stereocenters. The van der Waals surface area contributed by atoms with Crippen LogP contribution in [0.2, 0.25) is 5.02 Å². The molecule has 0 spiro atoms. The van der Waals surface area contributed by atoms with Gasteiger partial charge in [0, 0.05) is 18.9 Å². The van der Waals surface area contributed by atoms with Crippen molar-refractivity contribution in [1.82, 2.24) is 0 Å². The molecule has 0 amide bonds. The number of ether oxygens (including phenoxy) is 2. The number of benzene rings is 2. The Balaban J connectivity index is 2.33. The lowest BCUT2D eigenvalue weighted by molar-refractivity contribution is -0.144. The van der Waals surface area contributed by atoms with Crippen molar-refractivity contribution in [1.29, 1.82) is 0 Å². The highest BCUT2D eigenvalue weighted by atomic mass is 35.5. The molecule has 2 rings (SSSR count). The zero-order valence-corrected chi connectivity index (χ0v) is 13.0. The molecule has 0 aliphatic heterocycles. The second kappa shape index (κ2) is 7.09. The smallest absolute Gasteiger partial charge is 0.308 e. The summed E-state index contributed by atoms with van der Waals surface area (Å²) in [5.74, 6) is -0.350. The molecule has 2 aromatic carbocycles. The molecule has 1 unspecified atom stereocenters.